The Bertz CT molecular complexity index is 711. The molecule has 0 spiro atoms. The lowest BCUT2D eigenvalue weighted by Crippen LogP contribution is -2.24. The number of carbonyl (C=O) groups is 1. The van der Waals surface area contributed by atoms with E-state index in [1.807, 2.05) is 0 Å². The fourth-order valence-corrected chi connectivity index (χ4v) is 3.05. The van der Waals surface area contributed by atoms with Gasteiger partial charge in [-0.2, -0.15) is 0 Å². The first-order valence-corrected chi connectivity index (χ1v) is 7.98. The minimum atomic E-state index is -0.762. The van der Waals surface area contributed by atoms with Crippen LogP contribution in [0.4, 0.5) is 20.0 Å². The number of nitrogens with one attached hydrogen (secondary N) is 2. The highest BCUT2D eigenvalue weighted by atomic mass is 32.1. The first-order chi connectivity index (χ1) is 11.5. The molecule has 1 aromatic heterocycles. The topological polar surface area (TPSA) is 117 Å². The van der Waals surface area contributed by atoms with Gasteiger partial charge in [-0.05, 0) is 24.3 Å². The van der Waals surface area contributed by atoms with E-state index in [0.717, 1.165) is 11.3 Å². The van der Waals surface area contributed by atoms with Crippen LogP contribution in [-0.4, -0.2) is 45.3 Å². The number of aliphatic hydroxyl groups excluding tert-OH is 2. The SMILES string of the molecule is O=C(Nc1ccc(F)cc1)Nc1nnc([C@H]2C[C@H](O)[C@@H](CO)O2)s1. The van der Waals surface area contributed by atoms with Gasteiger partial charge in [-0.25, -0.2) is 9.18 Å². The van der Waals surface area contributed by atoms with Crippen molar-refractivity contribution in [1.29, 1.82) is 0 Å². The zero-order valence-corrected chi connectivity index (χ0v) is 13.2. The molecule has 3 atom stereocenters. The molecule has 0 radical (unpaired) electrons. The molecule has 0 aliphatic carbocycles. The van der Waals surface area contributed by atoms with Gasteiger partial charge in [-0.15, -0.1) is 10.2 Å². The lowest BCUT2D eigenvalue weighted by molar-refractivity contribution is -0.0227. The quantitative estimate of drug-likeness (QED) is 0.661. The largest absolute Gasteiger partial charge is 0.394 e. The van der Waals surface area contributed by atoms with E-state index in [-0.39, 0.29) is 11.7 Å². The third-order valence-corrected chi connectivity index (χ3v) is 4.37. The summed E-state index contributed by atoms with van der Waals surface area (Å²) in [5, 5.41) is 32.4. The van der Waals surface area contributed by atoms with E-state index in [4.69, 9.17) is 9.84 Å². The summed E-state index contributed by atoms with van der Waals surface area (Å²) >= 11 is 1.11. The molecule has 1 saturated heterocycles. The van der Waals surface area contributed by atoms with E-state index >= 15 is 0 Å². The highest BCUT2D eigenvalue weighted by molar-refractivity contribution is 7.15. The number of aliphatic hydroxyl groups is 2. The summed E-state index contributed by atoms with van der Waals surface area (Å²) in [7, 11) is 0. The number of anilines is 2. The van der Waals surface area contributed by atoms with Crippen molar-refractivity contribution >= 4 is 28.2 Å². The standard InChI is InChI=1S/C14H15FN4O4S/c15-7-1-3-8(4-2-7)16-13(22)17-14-19-18-12(24-14)10-5-9(21)11(6-20)23-10/h1-4,9-11,20-21H,5-6H2,(H2,16,17,19,22)/t9-,10+,11+/m0/s1. The van der Waals surface area contributed by atoms with Gasteiger partial charge in [0, 0.05) is 12.1 Å². The summed E-state index contributed by atoms with van der Waals surface area (Å²) in [6, 6.07) is 4.80. The van der Waals surface area contributed by atoms with E-state index in [0.29, 0.717) is 17.1 Å². The Hall–Kier alpha value is -2.14. The summed E-state index contributed by atoms with van der Waals surface area (Å²) in [4.78, 5) is 11.9. The number of amides is 2. The molecule has 0 bridgehead atoms. The molecule has 2 amide bonds. The smallest absolute Gasteiger partial charge is 0.325 e. The minimum absolute atomic E-state index is 0.259. The van der Waals surface area contributed by atoms with Gasteiger partial charge in [0.25, 0.3) is 0 Å². The van der Waals surface area contributed by atoms with Crippen LogP contribution in [0.2, 0.25) is 0 Å². The molecule has 4 N–H and O–H groups in total. The van der Waals surface area contributed by atoms with Crippen molar-refractivity contribution in [2.45, 2.75) is 24.7 Å². The van der Waals surface area contributed by atoms with Crippen molar-refractivity contribution in [3.63, 3.8) is 0 Å². The first kappa shape index (κ1) is 16.7. The minimum Gasteiger partial charge on any atom is -0.394 e. The van der Waals surface area contributed by atoms with Crippen molar-refractivity contribution < 1.29 is 24.1 Å². The van der Waals surface area contributed by atoms with Gasteiger partial charge >= 0.3 is 6.03 Å². The molecule has 0 unspecified atom stereocenters. The van der Waals surface area contributed by atoms with Crippen LogP contribution in [0.5, 0.6) is 0 Å². The molecule has 1 fully saturated rings. The van der Waals surface area contributed by atoms with Crippen molar-refractivity contribution in [1.82, 2.24) is 10.2 Å². The number of rotatable bonds is 4. The third kappa shape index (κ3) is 3.85. The van der Waals surface area contributed by atoms with Crippen LogP contribution in [-0.2, 0) is 4.74 Å². The summed E-state index contributed by atoms with van der Waals surface area (Å²) in [6.07, 6.45) is -1.56. The molecule has 3 rings (SSSR count). The zero-order valence-electron chi connectivity index (χ0n) is 12.3. The van der Waals surface area contributed by atoms with Crippen LogP contribution in [0.15, 0.2) is 24.3 Å². The van der Waals surface area contributed by atoms with Gasteiger partial charge < -0.3 is 20.3 Å². The average molecular weight is 354 g/mol. The normalized spacial score (nSPS) is 23.2. The Kier molecular flexibility index (Phi) is 5.00. The predicted octanol–water partition coefficient (Wildman–Crippen LogP) is 1.50. The van der Waals surface area contributed by atoms with Crippen molar-refractivity contribution in [3.05, 3.63) is 35.1 Å². The molecule has 24 heavy (non-hydrogen) atoms. The number of hydrogen-bond donors (Lipinski definition) is 4. The molecule has 10 heteroatoms. The molecule has 8 nitrogen and oxygen atoms in total. The number of carbonyl (C=O) groups excluding carboxylic acids is 1. The Morgan fingerprint density at radius 2 is 2.08 bits per heavy atom. The summed E-state index contributed by atoms with van der Waals surface area (Å²) in [5.41, 5.74) is 0.437. The first-order valence-electron chi connectivity index (χ1n) is 7.16. The Balaban J connectivity index is 1.58. The lowest BCUT2D eigenvalue weighted by Gasteiger charge is -2.09. The number of urea groups is 1. The van der Waals surface area contributed by atoms with Crippen molar-refractivity contribution in [2.24, 2.45) is 0 Å². The third-order valence-electron chi connectivity index (χ3n) is 3.44. The summed E-state index contributed by atoms with van der Waals surface area (Å²) < 4.78 is 18.3. The maximum atomic E-state index is 12.8. The summed E-state index contributed by atoms with van der Waals surface area (Å²) in [5.74, 6) is -0.394. The second kappa shape index (κ2) is 7.18. The summed E-state index contributed by atoms with van der Waals surface area (Å²) in [6.45, 7) is -0.276. The zero-order chi connectivity index (χ0) is 17.1. The highest BCUT2D eigenvalue weighted by Gasteiger charge is 2.36. The molecule has 128 valence electrons. The van der Waals surface area contributed by atoms with Gasteiger partial charge in [0.05, 0.1) is 12.7 Å². The molecule has 0 saturated carbocycles. The lowest BCUT2D eigenvalue weighted by atomic mass is 10.1. The Morgan fingerprint density at radius 1 is 1.33 bits per heavy atom. The highest BCUT2D eigenvalue weighted by Crippen LogP contribution is 2.35. The number of hydrogen-bond acceptors (Lipinski definition) is 7. The number of ether oxygens (including phenoxy) is 1. The molecule has 2 heterocycles. The van der Waals surface area contributed by atoms with Crippen LogP contribution in [0.25, 0.3) is 0 Å². The van der Waals surface area contributed by atoms with Gasteiger partial charge in [0.2, 0.25) is 5.13 Å². The maximum Gasteiger partial charge on any atom is 0.325 e. The second-order valence-corrected chi connectivity index (χ2v) is 6.19. The number of aromatic nitrogens is 2. The van der Waals surface area contributed by atoms with Crippen LogP contribution < -0.4 is 10.6 Å². The number of benzene rings is 1. The molecular weight excluding hydrogens is 339 g/mol. The van der Waals surface area contributed by atoms with E-state index in [1.165, 1.54) is 24.3 Å². The number of halogens is 1. The van der Waals surface area contributed by atoms with Crippen LogP contribution in [0.3, 0.4) is 0 Å². The molecular formula is C14H15FN4O4S. The molecule has 1 aliphatic rings. The second-order valence-electron chi connectivity index (χ2n) is 5.18. The van der Waals surface area contributed by atoms with Crippen molar-refractivity contribution in [2.75, 3.05) is 17.2 Å². The van der Waals surface area contributed by atoms with Crippen LogP contribution >= 0.6 is 11.3 Å². The average Bonchev–Trinajstić information content (AvgIpc) is 3.16. The van der Waals surface area contributed by atoms with E-state index in [1.54, 1.807) is 0 Å². The van der Waals surface area contributed by atoms with Gasteiger partial charge in [-0.3, -0.25) is 5.32 Å². The molecule has 1 aliphatic heterocycles. The predicted molar refractivity (Wildman–Crippen MR) is 84.3 cm³/mol. The van der Waals surface area contributed by atoms with E-state index < -0.39 is 30.2 Å². The van der Waals surface area contributed by atoms with Crippen LogP contribution in [0, 0.1) is 5.82 Å². The Morgan fingerprint density at radius 3 is 2.75 bits per heavy atom. The van der Waals surface area contributed by atoms with Crippen LogP contribution in [0.1, 0.15) is 17.5 Å². The van der Waals surface area contributed by atoms with Gasteiger partial charge in [-0.1, -0.05) is 11.3 Å². The molecule has 1 aromatic carbocycles. The van der Waals surface area contributed by atoms with E-state index in [9.17, 15) is 14.3 Å². The van der Waals surface area contributed by atoms with Crippen molar-refractivity contribution in [3.8, 4) is 0 Å². The fraction of sp³-hybridized carbons (Fsp3) is 0.357. The molecule has 2 aromatic rings. The van der Waals surface area contributed by atoms with Gasteiger partial charge in [0.1, 0.15) is 23.0 Å². The maximum absolute atomic E-state index is 12.8. The monoisotopic (exact) mass is 354 g/mol. The Labute approximate surface area is 140 Å². The van der Waals surface area contributed by atoms with Gasteiger partial charge in [0.15, 0.2) is 0 Å². The fourth-order valence-electron chi connectivity index (χ4n) is 2.26. The number of nitrogens with zero attached hydrogens (tertiary/aromatic N) is 2. The van der Waals surface area contributed by atoms with E-state index in [2.05, 4.69) is 20.8 Å².